The Morgan fingerprint density at radius 1 is 1.25 bits per heavy atom. The minimum atomic E-state index is -0.164. The maximum absolute atomic E-state index is 12.3. The van der Waals surface area contributed by atoms with Gasteiger partial charge in [-0.3, -0.25) is 4.79 Å². The molecule has 124 valence electrons. The first-order valence-electron chi connectivity index (χ1n) is 7.61. The SMILES string of the molecule is CNc1ncnc2cc(C(=O)NCc3nnc(C(C)C)s3)ccc12. The normalized spacial score (nSPS) is 11.0. The molecule has 2 aromatic heterocycles. The van der Waals surface area contributed by atoms with Crippen LogP contribution in [-0.2, 0) is 6.54 Å². The fourth-order valence-corrected chi connectivity index (χ4v) is 3.01. The van der Waals surface area contributed by atoms with Gasteiger partial charge >= 0.3 is 0 Å². The fraction of sp³-hybridized carbons (Fsp3) is 0.312. The Balaban J connectivity index is 1.73. The molecule has 0 aliphatic heterocycles. The summed E-state index contributed by atoms with van der Waals surface area (Å²) in [6.45, 7) is 4.51. The van der Waals surface area contributed by atoms with E-state index in [1.807, 2.05) is 6.07 Å². The molecule has 0 atom stereocenters. The van der Waals surface area contributed by atoms with Crippen LogP contribution in [0.15, 0.2) is 24.5 Å². The summed E-state index contributed by atoms with van der Waals surface area (Å²) in [4.78, 5) is 20.7. The highest BCUT2D eigenvalue weighted by molar-refractivity contribution is 7.11. The predicted molar refractivity (Wildman–Crippen MR) is 94.3 cm³/mol. The molecule has 0 aliphatic carbocycles. The number of benzene rings is 1. The number of aromatic nitrogens is 4. The summed E-state index contributed by atoms with van der Waals surface area (Å²) < 4.78 is 0. The number of fused-ring (bicyclic) bond motifs is 1. The van der Waals surface area contributed by atoms with Crippen LogP contribution in [-0.4, -0.2) is 33.1 Å². The second kappa shape index (κ2) is 6.88. The standard InChI is InChI=1S/C16H18N6OS/c1-9(2)16-22-21-13(24-16)7-18-15(23)10-4-5-11-12(6-10)19-8-20-14(11)17-3/h4-6,8-9H,7H2,1-3H3,(H,18,23)(H,17,19,20). The van der Waals surface area contributed by atoms with Crippen LogP contribution in [0.3, 0.4) is 0 Å². The van der Waals surface area contributed by atoms with Crippen molar-refractivity contribution in [3.8, 4) is 0 Å². The zero-order chi connectivity index (χ0) is 17.1. The summed E-state index contributed by atoms with van der Waals surface area (Å²) >= 11 is 1.52. The van der Waals surface area contributed by atoms with Crippen molar-refractivity contribution in [2.75, 3.05) is 12.4 Å². The first-order valence-corrected chi connectivity index (χ1v) is 8.43. The highest BCUT2D eigenvalue weighted by Gasteiger charge is 2.11. The van der Waals surface area contributed by atoms with Gasteiger partial charge in [0.15, 0.2) is 0 Å². The van der Waals surface area contributed by atoms with E-state index in [0.29, 0.717) is 18.0 Å². The highest BCUT2D eigenvalue weighted by atomic mass is 32.1. The third-order valence-electron chi connectivity index (χ3n) is 3.51. The van der Waals surface area contributed by atoms with E-state index in [2.05, 4.69) is 44.6 Å². The third kappa shape index (κ3) is 3.33. The number of carbonyl (C=O) groups excluding carboxylic acids is 1. The van der Waals surface area contributed by atoms with Gasteiger partial charge in [0, 0.05) is 23.9 Å². The minimum Gasteiger partial charge on any atom is -0.373 e. The number of hydrogen-bond donors (Lipinski definition) is 2. The molecule has 24 heavy (non-hydrogen) atoms. The van der Waals surface area contributed by atoms with Crippen LogP contribution in [0, 0.1) is 0 Å². The highest BCUT2D eigenvalue weighted by Crippen LogP contribution is 2.21. The van der Waals surface area contributed by atoms with Crippen LogP contribution in [0.1, 0.15) is 40.1 Å². The van der Waals surface area contributed by atoms with E-state index in [-0.39, 0.29) is 5.91 Å². The summed E-state index contributed by atoms with van der Waals surface area (Å²) in [6.07, 6.45) is 1.48. The van der Waals surface area contributed by atoms with Gasteiger partial charge in [0.25, 0.3) is 5.91 Å². The van der Waals surface area contributed by atoms with Crippen molar-refractivity contribution < 1.29 is 4.79 Å². The zero-order valence-electron chi connectivity index (χ0n) is 13.7. The molecule has 0 aliphatic rings. The fourth-order valence-electron chi connectivity index (χ4n) is 2.23. The Morgan fingerprint density at radius 3 is 2.79 bits per heavy atom. The van der Waals surface area contributed by atoms with Crippen molar-refractivity contribution in [3.63, 3.8) is 0 Å². The van der Waals surface area contributed by atoms with E-state index in [0.717, 1.165) is 26.7 Å². The smallest absolute Gasteiger partial charge is 0.251 e. The van der Waals surface area contributed by atoms with Gasteiger partial charge < -0.3 is 10.6 Å². The Hall–Kier alpha value is -2.61. The molecule has 0 unspecified atom stereocenters. The lowest BCUT2D eigenvalue weighted by atomic mass is 10.1. The van der Waals surface area contributed by atoms with Gasteiger partial charge in [-0.15, -0.1) is 10.2 Å². The Labute approximate surface area is 143 Å². The van der Waals surface area contributed by atoms with E-state index < -0.39 is 0 Å². The molecule has 0 bridgehead atoms. The molecule has 0 radical (unpaired) electrons. The van der Waals surface area contributed by atoms with E-state index in [9.17, 15) is 4.79 Å². The van der Waals surface area contributed by atoms with Crippen molar-refractivity contribution in [2.24, 2.45) is 0 Å². The Kier molecular flexibility index (Phi) is 4.66. The van der Waals surface area contributed by atoms with Crippen LogP contribution in [0.5, 0.6) is 0 Å². The zero-order valence-corrected chi connectivity index (χ0v) is 14.5. The third-order valence-corrected chi connectivity index (χ3v) is 4.74. The van der Waals surface area contributed by atoms with Gasteiger partial charge in [0.05, 0.1) is 12.1 Å². The van der Waals surface area contributed by atoms with Crippen LogP contribution in [0.2, 0.25) is 0 Å². The number of nitrogens with one attached hydrogen (secondary N) is 2. The van der Waals surface area contributed by atoms with E-state index in [1.54, 1.807) is 19.2 Å². The predicted octanol–water partition coefficient (Wildman–Crippen LogP) is 2.58. The molecule has 3 rings (SSSR count). The first-order chi connectivity index (χ1) is 11.6. The Morgan fingerprint density at radius 2 is 2.08 bits per heavy atom. The summed E-state index contributed by atoms with van der Waals surface area (Å²) in [5, 5.41) is 16.8. The van der Waals surface area contributed by atoms with E-state index in [1.165, 1.54) is 17.7 Å². The Bertz CT molecular complexity index is 876. The largest absolute Gasteiger partial charge is 0.373 e. The summed E-state index contributed by atoms with van der Waals surface area (Å²) in [5.41, 5.74) is 1.27. The first kappa shape index (κ1) is 16.3. The van der Waals surface area contributed by atoms with Crippen molar-refractivity contribution in [3.05, 3.63) is 40.1 Å². The number of amides is 1. The number of hydrogen-bond acceptors (Lipinski definition) is 7. The number of rotatable bonds is 5. The van der Waals surface area contributed by atoms with Crippen LogP contribution < -0.4 is 10.6 Å². The topological polar surface area (TPSA) is 92.7 Å². The molecule has 2 heterocycles. The second-order valence-corrected chi connectivity index (χ2v) is 6.67. The van der Waals surface area contributed by atoms with Crippen LogP contribution in [0.4, 0.5) is 5.82 Å². The van der Waals surface area contributed by atoms with Crippen molar-refractivity contribution in [2.45, 2.75) is 26.3 Å². The average Bonchev–Trinajstić information content (AvgIpc) is 3.08. The lowest BCUT2D eigenvalue weighted by molar-refractivity contribution is 0.0951. The van der Waals surface area contributed by atoms with Crippen molar-refractivity contribution >= 4 is 34.0 Å². The van der Waals surface area contributed by atoms with Gasteiger partial charge in [0.1, 0.15) is 22.2 Å². The van der Waals surface area contributed by atoms with Crippen molar-refractivity contribution in [1.82, 2.24) is 25.5 Å². The van der Waals surface area contributed by atoms with E-state index in [4.69, 9.17) is 0 Å². The molecule has 0 saturated heterocycles. The maximum Gasteiger partial charge on any atom is 0.251 e. The number of carbonyl (C=O) groups is 1. The molecule has 0 spiro atoms. The molecule has 8 heteroatoms. The lowest BCUT2D eigenvalue weighted by Gasteiger charge is -2.06. The summed E-state index contributed by atoms with van der Waals surface area (Å²) in [7, 11) is 1.80. The molecule has 1 amide bonds. The van der Waals surface area contributed by atoms with Crippen LogP contribution >= 0.6 is 11.3 Å². The monoisotopic (exact) mass is 342 g/mol. The molecule has 3 aromatic rings. The van der Waals surface area contributed by atoms with Crippen LogP contribution in [0.25, 0.3) is 10.9 Å². The summed E-state index contributed by atoms with van der Waals surface area (Å²) in [5.74, 6) is 0.915. The number of nitrogens with zero attached hydrogens (tertiary/aromatic N) is 4. The molecule has 0 fully saturated rings. The van der Waals surface area contributed by atoms with Gasteiger partial charge in [0.2, 0.25) is 0 Å². The molecular formula is C16H18N6OS. The second-order valence-electron chi connectivity index (χ2n) is 5.58. The molecule has 1 aromatic carbocycles. The summed E-state index contributed by atoms with van der Waals surface area (Å²) in [6, 6.07) is 5.37. The minimum absolute atomic E-state index is 0.164. The molecule has 2 N–H and O–H groups in total. The average molecular weight is 342 g/mol. The van der Waals surface area contributed by atoms with Gasteiger partial charge in [-0.05, 0) is 18.2 Å². The lowest BCUT2D eigenvalue weighted by Crippen LogP contribution is -2.22. The molecular weight excluding hydrogens is 324 g/mol. The number of anilines is 1. The maximum atomic E-state index is 12.3. The molecule has 0 saturated carbocycles. The van der Waals surface area contributed by atoms with Gasteiger partial charge in [-0.2, -0.15) is 0 Å². The van der Waals surface area contributed by atoms with Gasteiger partial charge in [-0.25, -0.2) is 9.97 Å². The van der Waals surface area contributed by atoms with Gasteiger partial charge in [-0.1, -0.05) is 25.2 Å². The quantitative estimate of drug-likeness (QED) is 0.740. The molecule has 7 nitrogen and oxygen atoms in total. The van der Waals surface area contributed by atoms with Crippen molar-refractivity contribution in [1.29, 1.82) is 0 Å². The van der Waals surface area contributed by atoms with E-state index >= 15 is 0 Å².